The maximum absolute atomic E-state index is 2.51. The number of aryl methyl sites for hydroxylation is 5. The van der Waals surface area contributed by atoms with Gasteiger partial charge in [-0.25, -0.2) is 0 Å². The molecule has 4 aromatic rings. The summed E-state index contributed by atoms with van der Waals surface area (Å²) in [5, 5.41) is 5.69. The van der Waals surface area contributed by atoms with Crippen LogP contribution in [-0.2, 0) is 6.42 Å². The van der Waals surface area contributed by atoms with Crippen LogP contribution in [0.3, 0.4) is 0 Å². The molecular formula is C32H38Si2. The summed E-state index contributed by atoms with van der Waals surface area (Å²) < 4.78 is 0. The second-order valence-corrected chi connectivity index (χ2v) is 16.6. The molecule has 34 heavy (non-hydrogen) atoms. The van der Waals surface area contributed by atoms with Gasteiger partial charge in [-0.1, -0.05) is 141 Å². The van der Waals surface area contributed by atoms with E-state index in [1.807, 2.05) is 0 Å². The van der Waals surface area contributed by atoms with E-state index in [-0.39, 0.29) is 0 Å². The molecule has 4 rings (SSSR count). The first-order valence-corrected chi connectivity index (χ1v) is 16.1. The predicted molar refractivity (Wildman–Crippen MR) is 156 cm³/mol. The van der Waals surface area contributed by atoms with Crippen LogP contribution in [0.1, 0.15) is 40.7 Å². The van der Waals surface area contributed by atoms with Gasteiger partial charge in [-0.15, -0.1) is 0 Å². The second-order valence-electron chi connectivity index (χ2n) is 10.1. The zero-order chi connectivity index (χ0) is 23.9. The average molecular weight is 479 g/mol. The lowest BCUT2D eigenvalue weighted by molar-refractivity contribution is 0.766. The first-order valence-electron chi connectivity index (χ1n) is 12.7. The fraction of sp³-hybridized carbons (Fsp3) is 0.250. The first kappa shape index (κ1) is 24.4. The number of hydrogen-bond acceptors (Lipinski definition) is 0. The highest BCUT2D eigenvalue weighted by atomic mass is 28.3. The molecule has 0 radical (unpaired) electrons. The molecule has 174 valence electrons. The summed E-state index contributed by atoms with van der Waals surface area (Å²) in [5.74, 6) is 0. The maximum atomic E-state index is 2.51. The highest BCUT2D eigenvalue weighted by Gasteiger charge is 2.28. The average Bonchev–Trinajstić information content (AvgIpc) is 2.79. The lowest BCUT2D eigenvalue weighted by atomic mass is 10.1. The Morgan fingerprint density at radius 3 is 1.59 bits per heavy atom. The van der Waals surface area contributed by atoms with Crippen LogP contribution in [-0.4, -0.2) is 18.3 Å². The third-order valence-electron chi connectivity index (χ3n) is 6.90. The van der Waals surface area contributed by atoms with Crippen molar-refractivity contribution >= 4 is 33.9 Å². The fourth-order valence-electron chi connectivity index (χ4n) is 5.63. The van der Waals surface area contributed by atoms with E-state index in [0.717, 1.165) is 5.16 Å². The Morgan fingerprint density at radius 1 is 0.618 bits per heavy atom. The van der Waals surface area contributed by atoms with E-state index in [4.69, 9.17) is 0 Å². The summed E-state index contributed by atoms with van der Waals surface area (Å²) in [6.45, 7) is 9.07. The zero-order valence-corrected chi connectivity index (χ0v) is 23.8. The predicted octanol–water partition coefficient (Wildman–Crippen LogP) is 5.11. The van der Waals surface area contributed by atoms with Gasteiger partial charge in [-0.3, -0.25) is 0 Å². The van der Waals surface area contributed by atoms with E-state index in [0.29, 0.717) is 0 Å². The van der Waals surface area contributed by atoms with Gasteiger partial charge in [0.25, 0.3) is 0 Å². The lowest BCUT2D eigenvalue weighted by Crippen LogP contribution is -2.50. The number of benzene rings is 4. The molecule has 0 spiro atoms. The van der Waals surface area contributed by atoms with Crippen LogP contribution >= 0.6 is 0 Å². The fourth-order valence-corrected chi connectivity index (χ4v) is 14.5. The van der Waals surface area contributed by atoms with Gasteiger partial charge in [0.05, 0.1) is 9.52 Å². The van der Waals surface area contributed by atoms with E-state index < -0.39 is 18.3 Å². The Bertz CT molecular complexity index is 1110. The van der Waals surface area contributed by atoms with Crippen LogP contribution in [0.2, 0.25) is 5.16 Å². The Balaban J connectivity index is 1.73. The molecule has 4 aromatic carbocycles. The minimum atomic E-state index is -1.41. The molecular weight excluding hydrogens is 441 g/mol. The normalized spacial score (nSPS) is 12.5. The molecule has 0 heterocycles. The van der Waals surface area contributed by atoms with Crippen molar-refractivity contribution in [3.8, 4) is 0 Å². The van der Waals surface area contributed by atoms with Crippen LogP contribution in [0, 0.1) is 27.7 Å². The molecule has 0 saturated carbocycles. The zero-order valence-electron chi connectivity index (χ0n) is 21.2. The third kappa shape index (κ3) is 6.68. The van der Waals surface area contributed by atoms with Gasteiger partial charge in [0.1, 0.15) is 8.80 Å². The van der Waals surface area contributed by atoms with Crippen LogP contribution in [0.5, 0.6) is 0 Å². The topological polar surface area (TPSA) is 0 Å². The van der Waals surface area contributed by atoms with Crippen molar-refractivity contribution in [3.63, 3.8) is 0 Å². The monoisotopic (exact) mass is 478 g/mol. The smallest absolute Gasteiger partial charge is 0.0669 e. The molecule has 0 nitrogen and oxygen atoms in total. The van der Waals surface area contributed by atoms with E-state index >= 15 is 0 Å². The summed E-state index contributed by atoms with van der Waals surface area (Å²) in [4.78, 5) is 0. The molecule has 0 amide bonds. The SMILES string of the molecule is Cc1cc(C)cc([SiH](c2cc(C)cc(C)c2)C(CCCc2ccccc2)[SiH2]c2ccccc2)c1. The van der Waals surface area contributed by atoms with E-state index in [9.17, 15) is 0 Å². The molecule has 1 unspecified atom stereocenters. The van der Waals surface area contributed by atoms with Crippen molar-refractivity contribution < 1.29 is 0 Å². The minimum Gasteiger partial charge on any atom is -0.0669 e. The Labute approximate surface area is 210 Å². The van der Waals surface area contributed by atoms with Crippen molar-refractivity contribution in [1.29, 1.82) is 0 Å². The Hall–Kier alpha value is -2.69. The van der Waals surface area contributed by atoms with Gasteiger partial charge in [0.15, 0.2) is 0 Å². The van der Waals surface area contributed by atoms with Crippen molar-refractivity contribution in [2.24, 2.45) is 0 Å². The molecule has 0 aromatic heterocycles. The van der Waals surface area contributed by atoms with E-state index in [1.165, 1.54) is 47.1 Å². The van der Waals surface area contributed by atoms with Gasteiger partial charge in [0, 0.05) is 0 Å². The van der Waals surface area contributed by atoms with Crippen LogP contribution in [0.25, 0.3) is 0 Å². The molecule has 0 saturated heterocycles. The highest BCUT2D eigenvalue weighted by molar-refractivity contribution is 6.93. The molecule has 0 N–H and O–H groups in total. The summed E-state index contributed by atoms with van der Waals surface area (Å²) >= 11 is 0. The van der Waals surface area contributed by atoms with E-state index in [1.54, 1.807) is 15.6 Å². The lowest BCUT2D eigenvalue weighted by Gasteiger charge is -2.28. The van der Waals surface area contributed by atoms with Crippen molar-refractivity contribution in [3.05, 3.63) is 125 Å². The minimum absolute atomic E-state index is 0.420. The van der Waals surface area contributed by atoms with Crippen LogP contribution < -0.4 is 15.6 Å². The first-order chi connectivity index (χ1) is 16.5. The molecule has 0 bridgehead atoms. The quantitative estimate of drug-likeness (QED) is 0.293. The van der Waals surface area contributed by atoms with Gasteiger partial charge in [0.2, 0.25) is 0 Å². The molecule has 1 atom stereocenters. The van der Waals surface area contributed by atoms with Crippen molar-refractivity contribution in [1.82, 2.24) is 0 Å². The van der Waals surface area contributed by atoms with Crippen LogP contribution in [0.4, 0.5) is 0 Å². The van der Waals surface area contributed by atoms with E-state index in [2.05, 4.69) is 125 Å². The van der Waals surface area contributed by atoms with Crippen molar-refractivity contribution in [2.75, 3.05) is 0 Å². The van der Waals surface area contributed by atoms with Gasteiger partial charge in [-0.05, 0) is 51.3 Å². The largest absolute Gasteiger partial charge is 0.103 e. The molecule has 2 heteroatoms. The molecule has 0 aliphatic carbocycles. The van der Waals surface area contributed by atoms with Crippen LogP contribution in [0.15, 0.2) is 97.1 Å². The summed E-state index contributed by atoms with van der Waals surface area (Å²) in [7, 11) is -1.83. The third-order valence-corrected chi connectivity index (χ3v) is 14.3. The highest BCUT2D eigenvalue weighted by Crippen LogP contribution is 2.21. The van der Waals surface area contributed by atoms with Crippen molar-refractivity contribution in [2.45, 2.75) is 52.1 Å². The van der Waals surface area contributed by atoms with Gasteiger partial charge >= 0.3 is 0 Å². The van der Waals surface area contributed by atoms with Gasteiger partial charge in [-0.2, -0.15) is 0 Å². The Kier molecular flexibility index (Phi) is 8.36. The van der Waals surface area contributed by atoms with Gasteiger partial charge < -0.3 is 0 Å². The summed E-state index contributed by atoms with van der Waals surface area (Å²) in [6, 6.07) is 37.1. The molecule has 0 aliphatic rings. The number of rotatable bonds is 9. The molecule has 0 aliphatic heterocycles. The Morgan fingerprint density at radius 2 is 1.09 bits per heavy atom. The standard InChI is InChI=1S/C32H38Si2/c1-24-18-25(2)21-30(20-24)34(31-22-26(3)19-27(4)23-31)32(33-29-15-9-6-10-16-29)17-11-14-28-12-7-5-8-13-28/h5-10,12-13,15-16,18-23,32,34H,11,14,17,33H2,1-4H3. The molecule has 0 fully saturated rings. The maximum Gasteiger partial charge on any atom is 0.103 e. The number of hydrogen-bond donors (Lipinski definition) is 0. The second kappa shape index (κ2) is 11.6. The summed E-state index contributed by atoms with van der Waals surface area (Å²) in [5.41, 5.74) is 7.09. The summed E-state index contributed by atoms with van der Waals surface area (Å²) in [6.07, 6.45) is 3.78.